The number of halogens is 1. The molecular weight excluding hydrogens is 406 g/mol. The van der Waals surface area contributed by atoms with Crippen LogP contribution in [0, 0.1) is 10.1 Å². The maximum Gasteiger partial charge on any atom is 0.291 e. The van der Waals surface area contributed by atoms with Crippen molar-refractivity contribution in [2.24, 2.45) is 0 Å². The van der Waals surface area contributed by atoms with Crippen molar-refractivity contribution in [3.05, 3.63) is 61.7 Å². The molecule has 0 aliphatic carbocycles. The Morgan fingerprint density at radius 1 is 1.04 bits per heavy atom. The van der Waals surface area contributed by atoms with E-state index in [2.05, 4.69) is 15.9 Å². The maximum atomic E-state index is 11.6. The number of ether oxygens (including phenoxy) is 4. The second kappa shape index (κ2) is 7.25. The Balaban J connectivity index is 2.13. The van der Waals surface area contributed by atoms with E-state index in [0.29, 0.717) is 34.1 Å². The van der Waals surface area contributed by atoms with Gasteiger partial charge in [0.1, 0.15) is 0 Å². The topological polar surface area (TPSA) is 80.1 Å². The van der Waals surface area contributed by atoms with Crippen LogP contribution in [0.25, 0.3) is 6.08 Å². The van der Waals surface area contributed by atoms with E-state index >= 15 is 0 Å². The van der Waals surface area contributed by atoms with Gasteiger partial charge in [-0.3, -0.25) is 10.1 Å². The molecule has 136 valence electrons. The largest absolute Gasteiger partial charge is 0.493 e. The van der Waals surface area contributed by atoms with Gasteiger partial charge in [-0.15, -0.1) is 0 Å². The molecule has 2 aromatic carbocycles. The Bertz CT molecular complexity index is 895. The highest BCUT2D eigenvalue weighted by atomic mass is 79.9. The van der Waals surface area contributed by atoms with Gasteiger partial charge in [0.15, 0.2) is 23.0 Å². The fourth-order valence-electron chi connectivity index (χ4n) is 2.79. The third-order valence-corrected chi connectivity index (χ3v) is 4.45. The summed E-state index contributed by atoms with van der Waals surface area (Å²) in [5, 5.41) is 11.6. The molecule has 1 heterocycles. The average Bonchev–Trinajstić information content (AvgIpc) is 2.65. The van der Waals surface area contributed by atoms with E-state index in [1.54, 1.807) is 30.3 Å². The molecule has 0 bridgehead atoms. The van der Waals surface area contributed by atoms with Crippen LogP contribution < -0.4 is 18.9 Å². The van der Waals surface area contributed by atoms with Crippen molar-refractivity contribution in [1.82, 2.24) is 0 Å². The molecular formula is C18H16BrNO6. The van der Waals surface area contributed by atoms with Gasteiger partial charge in [0, 0.05) is 21.7 Å². The number of hydrogen-bond acceptors (Lipinski definition) is 6. The Labute approximate surface area is 158 Å². The van der Waals surface area contributed by atoms with Crippen molar-refractivity contribution in [2.45, 2.75) is 6.10 Å². The number of rotatable bonds is 5. The highest BCUT2D eigenvalue weighted by Crippen LogP contribution is 2.45. The van der Waals surface area contributed by atoms with Gasteiger partial charge in [-0.2, -0.15) is 0 Å². The van der Waals surface area contributed by atoms with Crippen molar-refractivity contribution < 1.29 is 23.9 Å². The van der Waals surface area contributed by atoms with E-state index in [1.807, 2.05) is 0 Å². The molecule has 0 N–H and O–H groups in total. The summed E-state index contributed by atoms with van der Waals surface area (Å²) >= 11 is 3.37. The van der Waals surface area contributed by atoms with E-state index in [-0.39, 0.29) is 5.70 Å². The summed E-state index contributed by atoms with van der Waals surface area (Å²) in [7, 11) is 4.54. The molecule has 26 heavy (non-hydrogen) atoms. The van der Waals surface area contributed by atoms with Crippen molar-refractivity contribution in [1.29, 1.82) is 0 Å². The van der Waals surface area contributed by atoms with Crippen molar-refractivity contribution in [3.8, 4) is 23.0 Å². The summed E-state index contributed by atoms with van der Waals surface area (Å²) in [5.41, 5.74) is 1.06. The molecule has 8 heteroatoms. The van der Waals surface area contributed by atoms with Gasteiger partial charge in [0.05, 0.1) is 26.3 Å². The van der Waals surface area contributed by atoms with Gasteiger partial charge < -0.3 is 18.9 Å². The van der Waals surface area contributed by atoms with Crippen LogP contribution in [0.5, 0.6) is 23.0 Å². The van der Waals surface area contributed by atoms with Gasteiger partial charge in [-0.05, 0) is 24.3 Å². The summed E-state index contributed by atoms with van der Waals surface area (Å²) in [6.07, 6.45) is 0.584. The van der Waals surface area contributed by atoms with Gasteiger partial charge >= 0.3 is 0 Å². The smallest absolute Gasteiger partial charge is 0.291 e. The SMILES string of the molecule is COc1ccc([C@H]2Oc3c(cc(Br)cc3OC)C=C2[N+](=O)[O-])cc1OC. The van der Waals surface area contributed by atoms with E-state index in [0.717, 1.165) is 4.47 Å². The predicted octanol–water partition coefficient (Wildman–Crippen LogP) is 4.23. The van der Waals surface area contributed by atoms with Crippen LogP contribution in [-0.4, -0.2) is 26.3 Å². The zero-order valence-corrected chi connectivity index (χ0v) is 15.9. The Hall–Kier alpha value is -2.74. The van der Waals surface area contributed by atoms with Crippen LogP contribution in [0.2, 0.25) is 0 Å². The molecule has 0 fully saturated rings. The summed E-state index contributed by atoms with van der Waals surface area (Å²) in [5.74, 6) is 1.92. The minimum absolute atomic E-state index is 0.0788. The molecule has 7 nitrogen and oxygen atoms in total. The van der Waals surface area contributed by atoms with Crippen LogP contribution >= 0.6 is 15.9 Å². The van der Waals surface area contributed by atoms with E-state index in [1.165, 1.54) is 27.4 Å². The molecule has 2 aromatic rings. The van der Waals surface area contributed by atoms with Gasteiger partial charge in [-0.1, -0.05) is 22.0 Å². The molecule has 3 rings (SSSR count). The Kier molecular flexibility index (Phi) is 5.03. The number of nitro groups is 1. The second-order valence-corrected chi connectivity index (χ2v) is 6.38. The lowest BCUT2D eigenvalue weighted by Crippen LogP contribution is -2.20. The van der Waals surface area contributed by atoms with Crippen molar-refractivity contribution in [3.63, 3.8) is 0 Å². The summed E-state index contributed by atoms with van der Waals surface area (Å²) < 4.78 is 22.6. The first-order valence-electron chi connectivity index (χ1n) is 7.60. The van der Waals surface area contributed by atoms with Crippen LogP contribution in [0.1, 0.15) is 17.2 Å². The number of fused-ring (bicyclic) bond motifs is 1. The zero-order chi connectivity index (χ0) is 18.8. The number of methoxy groups -OCH3 is 3. The lowest BCUT2D eigenvalue weighted by molar-refractivity contribution is -0.434. The molecule has 0 saturated carbocycles. The first-order chi connectivity index (χ1) is 12.5. The first kappa shape index (κ1) is 18.1. The molecule has 0 spiro atoms. The van der Waals surface area contributed by atoms with E-state index < -0.39 is 11.0 Å². The second-order valence-electron chi connectivity index (χ2n) is 5.47. The lowest BCUT2D eigenvalue weighted by Gasteiger charge is -2.25. The van der Waals surface area contributed by atoms with Crippen LogP contribution in [-0.2, 0) is 0 Å². The van der Waals surface area contributed by atoms with E-state index in [4.69, 9.17) is 18.9 Å². The van der Waals surface area contributed by atoms with Gasteiger partial charge in [0.25, 0.3) is 5.70 Å². The fraction of sp³-hybridized carbons (Fsp3) is 0.222. The highest BCUT2D eigenvalue weighted by molar-refractivity contribution is 9.10. The predicted molar refractivity (Wildman–Crippen MR) is 98.6 cm³/mol. The van der Waals surface area contributed by atoms with Crippen LogP contribution in [0.15, 0.2) is 40.5 Å². The standard InChI is InChI=1S/C18H16BrNO6/c1-23-14-5-4-10(8-15(14)24-2)17-13(20(21)22)7-11-6-12(19)9-16(25-3)18(11)26-17/h4-9,17H,1-3H3/t17-/m1/s1. The molecule has 0 radical (unpaired) electrons. The highest BCUT2D eigenvalue weighted by Gasteiger charge is 2.35. The molecule has 0 saturated heterocycles. The Morgan fingerprint density at radius 2 is 1.73 bits per heavy atom. The Morgan fingerprint density at radius 3 is 2.35 bits per heavy atom. The minimum atomic E-state index is -0.910. The van der Waals surface area contributed by atoms with Crippen molar-refractivity contribution >= 4 is 22.0 Å². The van der Waals surface area contributed by atoms with Crippen LogP contribution in [0.4, 0.5) is 0 Å². The number of nitrogens with zero attached hydrogens (tertiary/aromatic N) is 1. The fourth-order valence-corrected chi connectivity index (χ4v) is 3.24. The summed E-state index contributed by atoms with van der Waals surface area (Å²) in [6, 6.07) is 8.54. The third kappa shape index (κ3) is 3.20. The molecule has 0 unspecified atom stereocenters. The van der Waals surface area contributed by atoms with E-state index in [9.17, 15) is 10.1 Å². The van der Waals surface area contributed by atoms with Gasteiger partial charge in [0.2, 0.25) is 6.10 Å². The quantitative estimate of drug-likeness (QED) is 0.530. The molecule has 1 aliphatic rings. The zero-order valence-electron chi connectivity index (χ0n) is 14.3. The molecule has 1 atom stereocenters. The minimum Gasteiger partial charge on any atom is -0.493 e. The van der Waals surface area contributed by atoms with Gasteiger partial charge in [-0.25, -0.2) is 0 Å². The first-order valence-corrected chi connectivity index (χ1v) is 8.40. The summed E-state index contributed by atoms with van der Waals surface area (Å²) in [6.45, 7) is 0. The lowest BCUT2D eigenvalue weighted by atomic mass is 10.00. The molecule has 1 aliphatic heterocycles. The normalized spacial score (nSPS) is 15.4. The summed E-state index contributed by atoms with van der Waals surface area (Å²) in [4.78, 5) is 11.2. The van der Waals surface area contributed by atoms with Crippen LogP contribution in [0.3, 0.4) is 0 Å². The monoisotopic (exact) mass is 421 g/mol. The third-order valence-electron chi connectivity index (χ3n) is 4.00. The maximum absolute atomic E-state index is 11.6. The number of benzene rings is 2. The number of hydrogen-bond donors (Lipinski definition) is 0. The molecule has 0 aromatic heterocycles. The molecule has 0 amide bonds. The average molecular weight is 422 g/mol. The van der Waals surface area contributed by atoms with Crippen molar-refractivity contribution in [2.75, 3.05) is 21.3 Å².